The second-order valence-corrected chi connectivity index (χ2v) is 14.5. The predicted octanol–water partition coefficient (Wildman–Crippen LogP) is 4.06. The van der Waals surface area contributed by atoms with Crippen LogP contribution in [0, 0.1) is 11.7 Å². The molecule has 0 radical (unpaired) electrons. The summed E-state index contributed by atoms with van der Waals surface area (Å²) in [6, 6.07) is 15.1. The number of carboxylic acid groups (broad SMARTS) is 1. The number of fused-ring (bicyclic) bond motifs is 2. The fourth-order valence-electron chi connectivity index (χ4n) is 6.90. The van der Waals surface area contributed by atoms with Crippen LogP contribution in [0.1, 0.15) is 53.6 Å². The molecular formula is C33H34ClFN4O6S. The summed E-state index contributed by atoms with van der Waals surface area (Å²) in [5.41, 5.74) is 7.16. The molecule has 2 amide bonds. The van der Waals surface area contributed by atoms with Crippen molar-refractivity contribution in [1.29, 1.82) is 0 Å². The van der Waals surface area contributed by atoms with Gasteiger partial charge in [0.2, 0.25) is 5.91 Å². The Morgan fingerprint density at radius 1 is 1.04 bits per heavy atom. The molecule has 0 bridgehead atoms. The van der Waals surface area contributed by atoms with Crippen LogP contribution in [0.15, 0.2) is 71.6 Å². The third-order valence-corrected chi connectivity index (χ3v) is 11.6. The predicted molar refractivity (Wildman–Crippen MR) is 169 cm³/mol. The number of anilines is 1. The molecule has 1 spiro atoms. The Kier molecular flexibility index (Phi) is 8.55. The third kappa shape index (κ3) is 5.85. The van der Waals surface area contributed by atoms with Gasteiger partial charge >= 0.3 is 5.97 Å². The van der Waals surface area contributed by atoms with Gasteiger partial charge in [0.1, 0.15) is 11.9 Å². The molecule has 2 unspecified atom stereocenters. The Balaban J connectivity index is 1.37. The normalized spacial score (nSPS) is 19.5. The second-order valence-electron chi connectivity index (χ2n) is 12.2. The maximum atomic E-state index is 14.3. The van der Waals surface area contributed by atoms with Crippen LogP contribution < -0.4 is 15.4 Å². The van der Waals surface area contributed by atoms with Gasteiger partial charge in [0.15, 0.2) is 0 Å². The Bertz CT molecular complexity index is 1790. The van der Waals surface area contributed by atoms with Crippen molar-refractivity contribution in [3.05, 3.63) is 94.3 Å². The monoisotopic (exact) mass is 668 g/mol. The smallest absolute Gasteiger partial charge is 0.321 e. The van der Waals surface area contributed by atoms with Crippen LogP contribution in [0.3, 0.4) is 0 Å². The fourth-order valence-corrected chi connectivity index (χ4v) is 8.90. The number of piperidine rings is 1. The standard InChI is InChI=1S/C33H34ClFN4O6S/c34-26-4-2-1-3-22(26)19-37-31(41)21-7-12-28-25(17-21)33(13-15-38(16-14-33)29(40)18-27(36)32(42)43)30(20-5-6-20)39(28)46(44,45)24-10-8-23(35)9-11-24/h1-4,7-12,17,20,27,30H,5-6,13-16,18-19,36H2,(H,37,41)(H,42,43). The summed E-state index contributed by atoms with van der Waals surface area (Å²) in [6.45, 7) is 0.731. The van der Waals surface area contributed by atoms with Gasteiger partial charge in [-0.05, 0) is 91.3 Å². The Morgan fingerprint density at radius 2 is 1.72 bits per heavy atom. The number of carboxylic acids is 1. The Hall–Kier alpha value is -4.00. The van der Waals surface area contributed by atoms with Gasteiger partial charge in [0.05, 0.1) is 23.0 Å². The van der Waals surface area contributed by atoms with E-state index in [4.69, 9.17) is 17.3 Å². The zero-order valence-corrected chi connectivity index (χ0v) is 26.4. The summed E-state index contributed by atoms with van der Waals surface area (Å²) in [5, 5.41) is 12.6. The van der Waals surface area contributed by atoms with Gasteiger partial charge in [-0.2, -0.15) is 0 Å². The highest BCUT2D eigenvalue weighted by Gasteiger charge is 2.60. The average Bonchev–Trinajstić information content (AvgIpc) is 3.84. The van der Waals surface area contributed by atoms with Crippen LogP contribution in [-0.4, -0.2) is 61.4 Å². The largest absolute Gasteiger partial charge is 0.480 e. The van der Waals surface area contributed by atoms with E-state index >= 15 is 0 Å². The van der Waals surface area contributed by atoms with Crippen molar-refractivity contribution in [3.8, 4) is 0 Å². The maximum absolute atomic E-state index is 14.3. The molecule has 3 aromatic rings. The molecule has 2 atom stereocenters. The van der Waals surface area contributed by atoms with E-state index in [1.165, 1.54) is 16.4 Å². The van der Waals surface area contributed by atoms with E-state index < -0.39 is 39.3 Å². The molecule has 1 saturated carbocycles. The molecule has 2 heterocycles. The lowest BCUT2D eigenvalue weighted by Crippen LogP contribution is -2.55. The molecule has 4 N–H and O–H groups in total. The second kappa shape index (κ2) is 12.3. The summed E-state index contributed by atoms with van der Waals surface area (Å²) in [7, 11) is -4.15. The first-order valence-corrected chi connectivity index (χ1v) is 17.0. The van der Waals surface area contributed by atoms with E-state index in [2.05, 4.69) is 5.32 Å². The van der Waals surface area contributed by atoms with E-state index in [-0.39, 0.29) is 48.7 Å². The first-order valence-electron chi connectivity index (χ1n) is 15.1. The van der Waals surface area contributed by atoms with Crippen molar-refractivity contribution in [2.75, 3.05) is 17.4 Å². The molecular weight excluding hydrogens is 635 g/mol. The SMILES string of the molecule is NC(CC(=O)N1CCC2(CC1)c1cc(C(=O)NCc3ccccc3Cl)ccc1N(S(=O)(=O)c1ccc(F)cc1)C2C1CC1)C(=O)O. The number of benzene rings is 3. The summed E-state index contributed by atoms with van der Waals surface area (Å²) in [4.78, 5) is 39.2. The molecule has 46 heavy (non-hydrogen) atoms. The minimum Gasteiger partial charge on any atom is -0.480 e. The number of hydrogen-bond donors (Lipinski definition) is 3. The molecule has 242 valence electrons. The van der Waals surface area contributed by atoms with Crippen LogP contribution in [0.5, 0.6) is 0 Å². The highest BCUT2D eigenvalue weighted by Crippen LogP contribution is 2.59. The van der Waals surface area contributed by atoms with Crippen LogP contribution in [0.4, 0.5) is 10.1 Å². The van der Waals surface area contributed by atoms with Crippen molar-refractivity contribution in [3.63, 3.8) is 0 Å². The molecule has 1 aliphatic carbocycles. The number of halogens is 2. The highest BCUT2D eigenvalue weighted by atomic mass is 35.5. The topological polar surface area (TPSA) is 150 Å². The minimum atomic E-state index is -4.15. The van der Waals surface area contributed by atoms with Crippen molar-refractivity contribution in [2.45, 2.75) is 61.0 Å². The molecule has 0 aromatic heterocycles. The number of carbonyl (C=O) groups excluding carboxylic acids is 2. The zero-order valence-electron chi connectivity index (χ0n) is 24.9. The van der Waals surface area contributed by atoms with Crippen molar-refractivity contribution >= 4 is 45.1 Å². The van der Waals surface area contributed by atoms with Crippen LogP contribution in [-0.2, 0) is 31.6 Å². The molecule has 3 aromatic carbocycles. The molecule has 2 fully saturated rings. The highest BCUT2D eigenvalue weighted by molar-refractivity contribution is 7.92. The summed E-state index contributed by atoms with van der Waals surface area (Å²) >= 11 is 6.28. The fraction of sp³-hybridized carbons (Fsp3) is 0.364. The van der Waals surface area contributed by atoms with Gasteiger partial charge in [-0.15, -0.1) is 0 Å². The Labute approximate surface area is 271 Å². The molecule has 13 heteroatoms. The van der Waals surface area contributed by atoms with Crippen molar-refractivity contribution in [1.82, 2.24) is 10.2 Å². The van der Waals surface area contributed by atoms with Gasteiger partial charge in [-0.3, -0.25) is 18.7 Å². The molecule has 10 nitrogen and oxygen atoms in total. The maximum Gasteiger partial charge on any atom is 0.321 e. The first-order chi connectivity index (χ1) is 21.9. The number of rotatable bonds is 9. The van der Waals surface area contributed by atoms with Crippen molar-refractivity contribution in [2.24, 2.45) is 11.7 Å². The number of nitrogens with two attached hydrogens (primary N) is 1. The number of nitrogens with one attached hydrogen (secondary N) is 1. The molecule has 1 saturated heterocycles. The number of amides is 2. The lowest BCUT2D eigenvalue weighted by atomic mass is 9.68. The number of nitrogens with zero attached hydrogens (tertiary/aromatic N) is 2. The zero-order chi connectivity index (χ0) is 32.8. The van der Waals surface area contributed by atoms with Crippen LogP contribution in [0.2, 0.25) is 5.02 Å². The lowest BCUT2D eigenvalue weighted by molar-refractivity contribution is -0.143. The lowest BCUT2D eigenvalue weighted by Gasteiger charge is -2.45. The van der Waals surface area contributed by atoms with E-state index in [9.17, 15) is 32.3 Å². The molecule has 3 aliphatic rings. The van der Waals surface area contributed by atoms with Gasteiger partial charge < -0.3 is 21.1 Å². The van der Waals surface area contributed by atoms with E-state index in [1.807, 2.05) is 12.1 Å². The van der Waals surface area contributed by atoms with Crippen LogP contribution >= 0.6 is 11.6 Å². The van der Waals surface area contributed by atoms with Crippen molar-refractivity contribution < 1.29 is 32.3 Å². The number of carbonyl (C=O) groups is 3. The van der Waals surface area contributed by atoms with Gasteiger partial charge in [0.25, 0.3) is 15.9 Å². The van der Waals surface area contributed by atoms with E-state index in [0.717, 1.165) is 30.5 Å². The number of sulfonamides is 1. The van der Waals surface area contributed by atoms with Gasteiger partial charge in [-0.25, -0.2) is 12.8 Å². The summed E-state index contributed by atoms with van der Waals surface area (Å²) in [5.74, 6) is -2.50. The van der Waals surface area contributed by atoms with E-state index in [0.29, 0.717) is 34.7 Å². The summed E-state index contributed by atoms with van der Waals surface area (Å²) < 4.78 is 43.9. The minimum absolute atomic E-state index is 0.0422. The number of aliphatic carboxylic acids is 1. The molecule has 2 aliphatic heterocycles. The van der Waals surface area contributed by atoms with E-state index in [1.54, 1.807) is 35.2 Å². The first kappa shape index (κ1) is 32.0. The number of hydrogen-bond acceptors (Lipinski definition) is 6. The van der Waals surface area contributed by atoms with Crippen LogP contribution in [0.25, 0.3) is 0 Å². The number of likely N-dealkylation sites (tertiary alicyclic amines) is 1. The molecule has 6 rings (SSSR count). The Morgan fingerprint density at radius 3 is 2.35 bits per heavy atom. The quantitative estimate of drug-likeness (QED) is 0.311. The van der Waals surface area contributed by atoms with Gasteiger partial charge in [0, 0.05) is 35.6 Å². The average molecular weight is 669 g/mol. The van der Waals surface area contributed by atoms with Gasteiger partial charge in [-0.1, -0.05) is 29.8 Å². The third-order valence-electron chi connectivity index (χ3n) is 9.41. The summed E-state index contributed by atoms with van der Waals surface area (Å²) in [6.07, 6.45) is 2.09.